The first-order valence-corrected chi connectivity index (χ1v) is 12.9. The quantitative estimate of drug-likeness (QED) is 0.498. The van der Waals surface area contributed by atoms with Crippen molar-refractivity contribution in [3.05, 3.63) is 65.2 Å². The van der Waals surface area contributed by atoms with E-state index < -0.39 is 18.3 Å². The lowest BCUT2D eigenvalue weighted by atomic mass is 10.0. The van der Waals surface area contributed by atoms with Gasteiger partial charge in [0.2, 0.25) is 0 Å². The summed E-state index contributed by atoms with van der Waals surface area (Å²) in [5, 5.41) is 12.0. The molecule has 1 aliphatic carbocycles. The zero-order valence-corrected chi connectivity index (χ0v) is 22.1. The number of hydrogen-bond donors (Lipinski definition) is 2. The standard InChI is InChI=1S/C29H33N3O7/c1-20(32(24-11-12-24)27(33)26-18-31(29(35)36)15-16-38-26)22-10-13-25(37-2)23(17-22)9-6-14-30-28(34)39-19-21-7-4-3-5-8-21/h3-5,7-8,10,13,17,20,24,26H,11-12,14-16,18-19H2,1-2H3,(H,30,34)(H,35,36)/t20?,26-/m1/s1. The number of carbonyl (C=O) groups is 3. The molecule has 1 aliphatic heterocycles. The molecule has 4 rings (SSSR count). The molecule has 0 radical (unpaired) electrons. The van der Waals surface area contributed by atoms with E-state index in [0.29, 0.717) is 11.3 Å². The molecule has 0 spiro atoms. The van der Waals surface area contributed by atoms with Crippen molar-refractivity contribution in [3.63, 3.8) is 0 Å². The zero-order valence-electron chi connectivity index (χ0n) is 22.1. The Balaban J connectivity index is 1.41. The van der Waals surface area contributed by atoms with Gasteiger partial charge in [-0.1, -0.05) is 48.2 Å². The van der Waals surface area contributed by atoms with Crippen LogP contribution in [0.5, 0.6) is 5.75 Å². The van der Waals surface area contributed by atoms with Crippen LogP contribution in [0.3, 0.4) is 0 Å². The first kappa shape index (κ1) is 27.8. The Kier molecular flexibility index (Phi) is 9.28. The number of methoxy groups -OCH3 is 1. The molecule has 0 bridgehead atoms. The Morgan fingerprint density at radius 1 is 1.21 bits per heavy atom. The van der Waals surface area contributed by atoms with Crippen LogP contribution in [0.2, 0.25) is 0 Å². The summed E-state index contributed by atoms with van der Waals surface area (Å²) in [7, 11) is 1.55. The van der Waals surface area contributed by atoms with Crippen LogP contribution in [0.1, 0.15) is 42.5 Å². The van der Waals surface area contributed by atoms with Crippen LogP contribution >= 0.6 is 0 Å². The number of nitrogens with one attached hydrogen (secondary N) is 1. The molecule has 206 valence electrons. The number of hydrogen-bond acceptors (Lipinski definition) is 6. The average Bonchev–Trinajstić information content (AvgIpc) is 3.80. The van der Waals surface area contributed by atoms with Gasteiger partial charge in [0.15, 0.2) is 6.10 Å². The fraction of sp³-hybridized carbons (Fsp3) is 0.414. The fourth-order valence-corrected chi connectivity index (χ4v) is 4.45. The van der Waals surface area contributed by atoms with E-state index in [1.54, 1.807) is 18.1 Å². The molecule has 10 heteroatoms. The summed E-state index contributed by atoms with van der Waals surface area (Å²) in [5.74, 6) is 6.32. The summed E-state index contributed by atoms with van der Waals surface area (Å²) in [4.78, 5) is 39.9. The average molecular weight is 536 g/mol. The maximum atomic E-state index is 13.5. The van der Waals surface area contributed by atoms with E-state index in [4.69, 9.17) is 14.2 Å². The van der Waals surface area contributed by atoms with Gasteiger partial charge in [0.25, 0.3) is 5.91 Å². The van der Waals surface area contributed by atoms with Crippen molar-refractivity contribution in [2.75, 3.05) is 33.4 Å². The van der Waals surface area contributed by atoms with Crippen LogP contribution in [0.15, 0.2) is 48.5 Å². The first-order valence-electron chi connectivity index (χ1n) is 12.9. The van der Waals surface area contributed by atoms with E-state index in [9.17, 15) is 19.5 Å². The molecule has 1 saturated carbocycles. The normalized spacial score (nSPS) is 17.3. The van der Waals surface area contributed by atoms with Crippen molar-refractivity contribution in [1.82, 2.24) is 15.1 Å². The van der Waals surface area contributed by atoms with Crippen LogP contribution in [-0.2, 0) is 20.9 Å². The third-order valence-corrected chi connectivity index (χ3v) is 6.69. The fourth-order valence-electron chi connectivity index (χ4n) is 4.45. The van der Waals surface area contributed by atoms with Gasteiger partial charge in [-0.05, 0) is 43.0 Å². The molecule has 2 atom stereocenters. The molecule has 39 heavy (non-hydrogen) atoms. The van der Waals surface area contributed by atoms with E-state index in [0.717, 1.165) is 24.0 Å². The number of nitrogens with zero attached hydrogens (tertiary/aromatic N) is 2. The van der Waals surface area contributed by atoms with Crippen LogP contribution in [0.25, 0.3) is 0 Å². The van der Waals surface area contributed by atoms with Crippen molar-refractivity contribution < 1.29 is 33.7 Å². The van der Waals surface area contributed by atoms with Crippen LogP contribution in [0, 0.1) is 11.8 Å². The number of amides is 3. The number of carboxylic acid groups (broad SMARTS) is 1. The van der Waals surface area contributed by atoms with E-state index >= 15 is 0 Å². The van der Waals surface area contributed by atoms with E-state index in [-0.39, 0.29) is 50.8 Å². The molecule has 2 N–H and O–H groups in total. The van der Waals surface area contributed by atoms with Gasteiger partial charge in [0.05, 0.1) is 38.4 Å². The van der Waals surface area contributed by atoms with Gasteiger partial charge in [-0.2, -0.15) is 0 Å². The number of morpholine rings is 1. The topological polar surface area (TPSA) is 118 Å². The zero-order chi connectivity index (χ0) is 27.8. The highest BCUT2D eigenvalue weighted by Crippen LogP contribution is 2.36. The Labute approximate surface area is 227 Å². The molecule has 0 aromatic heterocycles. The second-order valence-corrected chi connectivity index (χ2v) is 9.42. The molecular weight excluding hydrogens is 502 g/mol. The number of ether oxygens (including phenoxy) is 3. The maximum absolute atomic E-state index is 13.5. The highest BCUT2D eigenvalue weighted by atomic mass is 16.5. The number of rotatable bonds is 8. The Morgan fingerprint density at radius 2 is 1.97 bits per heavy atom. The van der Waals surface area contributed by atoms with Gasteiger partial charge in [-0.15, -0.1) is 0 Å². The number of benzene rings is 2. The van der Waals surface area contributed by atoms with Crippen molar-refractivity contribution in [2.45, 2.75) is 44.6 Å². The molecule has 2 aromatic rings. The van der Waals surface area contributed by atoms with Gasteiger partial charge in [-0.3, -0.25) is 4.79 Å². The minimum Gasteiger partial charge on any atom is -0.495 e. The lowest BCUT2D eigenvalue weighted by Gasteiger charge is -2.36. The second kappa shape index (κ2) is 13.0. The Hall–Kier alpha value is -4.23. The van der Waals surface area contributed by atoms with E-state index in [1.165, 1.54) is 4.90 Å². The summed E-state index contributed by atoms with van der Waals surface area (Å²) < 4.78 is 16.3. The summed E-state index contributed by atoms with van der Waals surface area (Å²) in [6, 6.07) is 14.8. The van der Waals surface area contributed by atoms with E-state index in [2.05, 4.69) is 17.2 Å². The van der Waals surface area contributed by atoms with Gasteiger partial charge >= 0.3 is 12.2 Å². The molecule has 3 amide bonds. The highest BCUT2D eigenvalue weighted by molar-refractivity contribution is 5.83. The summed E-state index contributed by atoms with van der Waals surface area (Å²) in [6.45, 7) is 2.65. The van der Waals surface area contributed by atoms with Crippen molar-refractivity contribution in [3.8, 4) is 17.6 Å². The SMILES string of the molecule is COc1ccc(C(C)N(C(=O)[C@H]2CN(C(=O)O)CCO2)C2CC2)cc1C#CCNC(=O)OCc1ccccc1. The summed E-state index contributed by atoms with van der Waals surface area (Å²) in [6.07, 6.45) is -0.671. The van der Waals surface area contributed by atoms with Crippen LogP contribution in [0.4, 0.5) is 9.59 Å². The molecule has 2 aromatic carbocycles. The Bertz CT molecular complexity index is 1240. The maximum Gasteiger partial charge on any atom is 0.408 e. The third kappa shape index (κ3) is 7.42. The molecule has 1 unspecified atom stereocenters. The van der Waals surface area contributed by atoms with Gasteiger partial charge in [0, 0.05) is 12.6 Å². The highest BCUT2D eigenvalue weighted by Gasteiger charge is 2.41. The Morgan fingerprint density at radius 3 is 2.67 bits per heavy atom. The predicted molar refractivity (Wildman–Crippen MR) is 142 cm³/mol. The van der Waals surface area contributed by atoms with Crippen molar-refractivity contribution in [1.29, 1.82) is 0 Å². The van der Waals surface area contributed by atoms with Gasteiger partial charge in [0.1, 0.15) is 12.4 Å². The molecular formula is C29H33N3O7. The van der Waals surface area contributed by atoms with Gasteiger partial charge in [-0.25, -0.2) is 9.59 Å². The van der Waals surface area contributed by atoms with Gasteiger partial charge < -0.3 is 34.4 Å². The molecule has 1 saturated heterocycles. The number of carbonyl (C=O) groups excluding carboxylic acids is 2. The first-order chi connectivity index (χ1) is 18.9. The summed E-state index contributed by atoms with van der Waals surface area (Å²) in [5.41, 5.74) is 2.37. The lowest BCUT2D eigenvalue weighted by Crippen LogP contribution is -2.53. The molecule has 1 heterocycles. The van der Waals surface area contributed by atoms with Crippen LogP contribution < -0.4 is 10.1 Å². The smallest absolute Gasteiger partial charge is 0.408 e. The summed E-state index contributed by atoms with van der Waals surface area (Å²) >= 11 is 0. The van der Waals surface area contributed by atoms with E-state index in [1.807, 2.05) is 49.4 Å². The van der Waals surface area contributed by atoms with Crippen LogP contribution in [-0.4, -0.2) is 78.5 Å². The number of alkyl carbamates (subject to hydrolysis) is 1. The lowest BCUT2D eigenvalue weighted by molar-refractivity contribution is -0.151. The largest absolute Gasteiger partial charge is 0.495 e. The minimum absolute atomic E-state index is 0.0181. The van der Waals surface area contributed by atoms with Crippen molar-refractivity contribution >= 4 is 18.1 Å². The monoisotopic (exact) mass is 535 g/mol. The minimum atomic E-state index is -1.06. The molecule has 2 aliphatic rings. The molecule has 10 nitrogen and oxygen atoms in total. The van der Waals surface area contributed by atoms with Crippen molar-refractivity contribution in [2.24, 2.45) is 0 Å². The second-order valence-electron chi connectivity index (χ2n) is 9.42. The molecule has 2 fully saturated rings. The predicted octanol–water partition coefficient (Wildman–Crippen LogP) is 3.40. The third-order valence-electron chi connectivity index (χ3n) is 6.69.